The van der Waals surface area contributed by atoms with Crippen molar-refractivity contribution in [2.45, 2.75) is 27.3 Å². The molecular formula is C19H21N7O. The van der Waals surface area contributed by atoms with Crippen molar-refractivity contribution in [2.24, 2.45) is 7.05 Å². The highest BCUT2D eigenvalue weighted by Crippen LogP contribution is 2.21. The molecule has 4 rings (SSSR count). The minimum atomic E-state index is -0.209. The number of benzene rings is 1. The maximum Gasteiger partial charge on any atom is 0.263 e. The van der Waals surface area contributed by atoms with Crippen molar-refractivity contribution in [3.8, 4) is 5.69 Å². The molecule has 8 heteroatoms. The molecule has 3 heterocycles. The van der Waals surface area contributed by atoms with Gasteiger partial charge in [0.2, 0.25) is 5.95 Å². The van der Waals surface area contributed by atoms with Gasteiger partial charge in [0.15, 0.2) is 5.65 Å². The van der Waals surface area contributed by atoms with Gasteiger partial charge in [-0.2, -0.15) is 15.2 Å². The third-order valence-corrected chi connectivity index (χ3v) is 4.82. The highest BCUT2D eigenvalue weighted by atomic mass is 16.1. The Labute approximate surface area is 155 Å². The van der Waals surface area contributed by atoms with E-state index in [4.69, 9.17) is 5.10 Å². The lowest BCUT2D eigenvalue weighted by Gasteiger charge is -2.09. The van der Waals surface area contributed by atoms with Crippen LogP contribution in [0.4, 0.5) is 5.95 Å². The predicted molar refractivity (Wildman–Crippen MR) is 104 cm³/mol. The molecule has 0 atom stereocenters. The monoisotopic (exact) mass is 363 g/mol. The quantitative estimate of drug-likeness (QED) is 0.581. The van der Waals surface area contributed by atoms with E-state index in [1.807, 2.05) is 30.7 Å². The van der Waals surface area contributed by atoms with Crippen LogP contribution in [0.15, 0.2) is 35.3 Å². The summed E-state index contributed by atoms with van der Waals surface area (Å²) in [5.41, 5.74) is 5.63. The van der Waals surface area contributed by atoms with Gasteiger partial charge < -0.3 is 5.32 Å². The molecule has 4 aromatic rings. The highest BCUT2D eigenvalue weighted by Gasteiger charge is 2.15. The van der Waals surface area contributed by atoms with Crippen LogP contribution in [-0.2, 0) is 13.6 Å². The van der Waals surface area contributed by atoms with Crippen molar-refractivity contribution >= 4 is 17.0 Å². The van der Waals surface area contributed by atoms with E-state index in [2.05, 4.69) is 39.4 Å². The maximum absolute atomic E-state index is 12.2. The summed E-state index contributed by atoms with van der Waals surface area (Å²) in [4.78, 5) is 19.4. The smallest absolute Gasteiger partial charge is 0.263 e. The molecule has 0 saturated carbocycles. The highest BCUT2D eigenvalue weighted by molar-refractivity contribution is 5.74. The van der Waals surface area contributed by atoms with E-state index in [9.17, 15) is 4.79 Å². The number of H-pyrrole nitrogens is 1. The molecule has 0 saturated heterocycles. The van der Waals surface area contributed by atoms with Crippen LogP contribution in [0, 0.1) is 20.8 Å². The van der Waals surface area contributed by atoms with Gasteiger partial charge in [-0.25, -0.2) is 4.68 Å². The zero-order chi connectivity index (χ0) is 19.1. The van der Waals surface area contributed by atoms with Crippen LogP contribution in [-0.4, -0.2) is 29.5 Å². The Hall–Kier alpha value is -3.42. The van der Waals surface area contributed by atoms with Crippen LogP contribution in [0.3, 0.4) is 0 Å². The largest absolute Gasteiger partial charge is 0.351 e. The molecule has 0 aliphatic heterocycles. The second-order valence-corrected chi connectivity index (χ2v) is 6.62. The summed E-state index contributed by atoms with van der Waals surface area (Å²) < 4.78 is 3.55. The third-order valence-electron chi connectivity index (χ3n) is 4.82. The number of nitrogens with zero attached hydrogens (tertiary/aromatic N) is 5. The van der Waals surface area contributed by atoms with Crippen molar-refractivity contribution < 1.29 is 0 Å². The average molecular weight is 363 g/mol. The summed E-state index contributed by atoms with van der Waals surface area (Å²) >= 11 is 0. The lowest BCUT2D eigenvalue weighted by Crippen LogP contribution is -2.14. The lowest BCUT2D eigenvalue weighted by atomic mass is 10.1. The van der Waals surface area contributed by atoms with E-state index in [0.29, 0.717) is 23.5 Å². The normalized spacial score (nSPS) is 11.3. The SMILES string of the molecule is Cc1ccccc1-n1nc(C)c(CNc2nc3c(cnn3C)c(=O)[nH]2)c1C. The zero-order valence-corrected chi connectivity index (χ0v) is 15.7. The molecule has 0 fully saturated rings. The Bertz CT molecular complexity index is 1200. The Balaban J connectivity index is 1.65. The summed E-state index contributed by atoms with van der Waals surface area (Å²) in [5.74, 6) is 0.415. The van der Waals surface area contributed by atoms with Gasteiger partial charge in [0, 0.05) is 24.8 Å². The molecule has 138 valence electrons. The van der Waals surface area contributed by atoms with Gasteiger partial charge >= 0.3 is 0 Å². The summed E-state index contributed by atoms with van der Waals surface area (Å²) in [6.07, 6.45) is 1.52. The number of nitrogens with one attached hydrogen (secondary N) is 2. The van der Waals surface area contributed by atoms with E-state index in [0.717, 1.165) is 28.2 Å². The van der Waals surface area contributed by atoms with Crippen molar-refractivity contribution in [1.82, 2.24) is 29.5 Å². The van der Waals surface area contributed by atoms with Crippen LogP contribution in [0.5, 0.6) is 0 Å². The first-order chi connectivity index (χ1) is 13.0. The van der Waals surface area contributed by atoms with Crippen LogP contribution >= 0.6 is 0 Å². The Morgan fingerprint density at radius 1 is 1.19 bits per heavy atom. The minimum Gasteiger partial charge on any atom is -0.351 e. The average Bonchev–Trinajstić information content (AvgIpc) is 3.14. The van der Waals surface area contributed by atoms with Gasteiger partial charge in [0.1, 0.15) is 5.39 Å². The summed E-state index contributed by atoms with van der Waals surface area (Å²) in [5, 5.41) is 12.5. The van der Waals surface area contributed by atoms with Crippen LogP contribution in [0.1, 0.15) is 22.5 Å². The number of aromatic amines is 1. The zero-order valence-electron chi connectivity index (χ0n) is 15.7. The van der Waals surface area contributed by atoms with Gasteiger partial charge in [-0.3, -0.25) is 14.5 Å². The predicted octanol–water partition coefficient (Wildman–Crippen LogP) is 2.38. The number of rotatable bonds is 4. The number of aromatic nitrogens is 6. The lowest BCUT2D eigenvalue weighted by molar-refractivity contribution is 0.785. The second-order valence-electron chi connectivity index (χ2n) is 6.62. The molecule has 3 aromatic heterocycles. The summed E-state index contributed by atoms with van der Waals surface area (Å²) in [6, 6.07) is 8.15. The van der Waals surface area contributed by atoms with E-state index in [-0.39, 0.29) is 5.56 Å². The van der Waals surface area contributed by atoms with Gasteiger partial charge in [-0.05, 0) is 32.4 Å². The van der Waals surface area contributed by atoms with Gasteiger partial charge in [-0.1, -0.05) is 18.2 Å². The minimum absolute atomic E-state index is 0.209. The fourth-order valence-corrected chi connectivity index (χ4v) is 3.25. The Morgan fingerprint density at radius 2 is 1.96 bits per heavy atom. The first-order valence-electron chi connectivity index (χ1n) is 8.72. The molecular weight excluding hydrogens is 342 g/mol. The number of fused-ring (bicyclic) bond motifs is 1. The number of para-hydroxylation sites is 1. The van der Waals surface area contributed by atoms with Crippen LogP contribution < -0.4 is 10.9 Å². The molecule has 0 radical (unpaired) electrons. The standard InChI is InChI=1S/C19H21N7O/c1-11-7-5-6-8-16(11)26-13(3)14(12(2)24-26)9-20-19-22-17-15(18(27)23-19)10-21-25(17)4/h5-8,10H,9H2,1-4H3,(H2,20,22,23,27). The van der Waals surface area contributed by atoms with Crippen molar-refractivity contribution in [2.75, 3.05) is 5.32 Å². The summed E-state index contributed by atoms with van der Waals surface area (Å²) in [7, 11) is 1.76. The molecule has 0 aliphatic carbocycles. The Morgan fingerprint density at radius 3 is 2.74 bits per heavy atom. The Kier molecular flexibility index (Phi) is 4.02. The van der Waals surface area contributed by atoms with Crippen molar-refractivity contribution in [3.05, 3.63) is 63.3 Å². The molecule has 2 N–H and O–H groups in total. The van der Waals surface area contributed by atoms with Crippen molar-refractivity contribution in [1.29, 1.82) is 0 Å². The fraction of sp³-hybridized carbons (Fsp3) is 0.263. The maximum atomic E-state index is 12.2. The number of hydrogen-bond acceptors (Lipinski definition) is 5. The number of anilines is 1. The molecule has 27 heavy (non-hydrogen) atoms. The molecule has 1 aromatic carbocycles. The van der Waals surface area contributed by atoms with E-state index < -0.39 is 0 Å². The second kappa shape index (κ2) is 6.39. The molecule has 0 unspecified atom stereocenters. The molecule has 0 aliphatic rings. The van der Waals surface area contributed by atoms with Gasteiger partial charge in [0.25, 0.3) is 5.56 Å². The number of aryl methyl sites for hydroxylation is 3. The van der Waals surface area contributed by atoms with E-state index in [1.165, 1.54) is 6.20 Å². The molecule has 0 amide bonds. The summed E-state index contributed by atoms with van der Waals surface area (Å²) in [6.45, 7) is 6.61. The fourth-order valence-electron chi connectivity index (χ4n) is 3.25. The first-order valence-corrected chi connectivity index (χ1v) is 8.72. The van der Waals surface area contributed by atoms with Gasteiger partial charge in [-0.15, -0.1) is 0 Å². The van der Waals surface area contributed by atoms with Crippen molar-refractivity contribution in [3.63, 3.8) is 0 Å². The van der Waals surface area contributed by atoms with Gasteiger partial charge in [0.05, 0.1) is 17.6 Å². The molecule has 0 bridgehead atoms. The van der Waals surface area contributed by atoms with Crippen LogP contribution in [0.2, 0.25) is 0 Å². The molecule has 0 spiro atoms. The number of hydrogen-bond donors (Lipinski definition) is 2. The van der Waals surface area contributed by atoms with E-state index in [1.54, 1.807) is 11.7 Å². The van der Waals surface area contributed by atoms with E-state index >= 15 is 0 Å². The topological polar surface area (TPSA) is 93.4 Å². The first kappa shape index (κ1) is 17.0. The third kappa shape index (κ3) is 2.88. The van der Waals surface area contributed by atoms with Crippen LogP contribution in [0.25, 0.3) is 16.7 Å². The molecule has 8 nitrogen and oxygen atoms in total.